The number of ether oxygens (including phenoxy) is 1. The van der Waals surface area contributed by atoms with Gasteiger partial charge >= 0.3 is 0 Å². The quantitative estimate of drug-likeness (QED) is 0.800. The SMILES string of the molecule is O=C1COc2ccc(C(=O)NCc3cc4ccccc4o3)nc2C1. The van der Waals surface area contributed by atoms with Crippen molar-refractivity contribution in [1.29, 1.82) is 0 Å². The third kappa shape index (κ3) is 2.74. The number of aromatic nitrogens is 1. The molecule has 24 heavy (non-hydrogen) atoms. The summed E-state index contributed by atoms with van der Waals surface area (Å²) in [4.78, 5) is 27.9. The van der Waals surface area contributed by atoms with Gasteiger partial charge in [0, 0.05) is 5.39 Å². The topological polar surface area (TPSA) is 81.4 Å². The van der Waals surface area contributed by atoms with Crippen LogP contribution in [-0.4, -0.2) is 23.3 Å². The lowest BCUT2D eigenvalue weighted by Gasteiger charge is -2.15. The molecule has 0 bridgehead atoms. The highest BCUT2D eigenvalue weighted by Gasteiger charge is 2.20. The molecule has 0 spiro atoms. The molecule has 1 N–H and O–H groups in total. The smallest absolute Gasteiger partial charge is 0.270 e. The summed E-state index contributed by atoms with van der Waals surface area (Å²) >= 11 is 0. The van der Waals surface area contributed by atoms with E-state index in [2.05, 4.69) is 10.3 Å². The fraction of sp³-hybridized carbons (Fsp3) is 0.167. The van der Waals surface area contributed by atoms with E-state index in [4.69, 9.17) is 9.15 Å². The molecule has 0 aliphatic carbocycles. The Kier molecular flexibility index (Phi) is 3.49. The van der Waals surface area contributed by atoms with E-state index in [1.807, 2.05) is 30.3 Å². The monoisotopic (exact) mass is 322 g/mol. The van der Waals surface area contributed by atoms with Crippen molar-refractivity contribution in [2.75, 3.05) is 6.61 Å². The Morgan fingerprint density at radius 2 is 2.08 bits per heavy atom. The Morgan fingerprint density at radius 3 is 2.96 bits per heavy atom. The standard InChI is InChI=1S/C18H14N2O4/c21-12-8-15-17(23-10-12)6-5-14(20-15)18(22)19-9-13-7-11-3-1-2-4-16(11)24-13/h1-7H,8-10H2,(H,19,22). The maximum atomic E-state index is 12.3. The van der Waals surface area contributed by atoms with Crippen LogP contribution in [0.2, 0.25) is 0 Å². The number of rotatable bonds is 3. The average molecular weight is 322 g/mol. The Morgan fingerprint density at radius 1 is 1.21 bits per heavy atom. The van der Waals surface area contributed by atoms with Crippen LogP contribution in [0.4, 0.5) is 0 Å². The van der Waals surface area contributed by atoms with E-state index in [0.29, 0.717) is 17.2 Å². The van der Waals surface area contributed by atoms with Crippen LogP contribution in [0, 0.1) is 0 Å². The number of hydrogen-bond donors (Lipinski definition) is 1. The molecule has 0 saturated heterocycles. The predicted molar refractivity (Wildman–Crippen MR) is 85.8 cm³/mol. The van der Waals surface area contributed by atoms with Gasteiger partial charge in [0.1, 0.15) is 29.4 Å². The van der Waals surface area contributed by atoms with Crippen molar-refractivity contribution in [3.63, 3.8) is 0 Å². The summed E-state index contributed by atoms with van der Waals surface area (Å²) in [5, 5.41) is 3.76. The zero-order valence-electron chi connectivity index (χ0n) is 12.7. The second-order valence-corrected chi connectivity index (χ2v) is 5.58. The lowest BCUT2D eigenvalue weighted by atomic mass is 10.1. The van der Waals surface area contributed by atoms with Crippen LogP contribution >= 0.6 is 0 Å². The number of pyridine rings is 1. The molecule has 0 fully saturated rings. The van der Waals surface area contributed by atoms with Gasteiger partial charge in [0.25, 0.3) is 5.91 Å². The third-order valence-corrected chi connectivity index (χ3v) is 3.82. The highest BCUT2D eigenvalue weighted by Crippen LogP contribution is 2.22. The first-order chi connectivity index (χ1) is 11.7. The second-order valence-electron chi connectivity index (χ2n) is 5.58. The number of benzene rings is 1. The van der Waals surface area contributed by atoms with E-state index < -0.39 is 0 Å². The van der Waals surface area contributed by atoms with E-state index in [1.54, 1.807) is 12.1 Å². The number of para-hydroxylation sites is 1. The normalized spacial score (nSPS) is 13.4. The van der Waals surface area contributed by atoms with Gasteiger partial charge in [0.2, 0.25) is 0 Å². The van der Waals surface area contributed by atoms with E-state index in [9.17, 15) is 9.59 Å². The van der Waals surface area contributed by atoms with Gasteiger partial charge in [-0.15, -0.1) is 0 Å². The summed E-state index contributed by atoms with van der Waals surface area (Å²) < 4.78 is 10.9. The molecule has 3 aromatic rings. The largest absolute Gasteiger partial charge is 0.484 e. The molecule has 0 saturated carbocycles. The van der Waals surface area contributed by atoms with Gasteiger partial charge < -0.3 is 14.5 Å². The molecule has 1 aromatic carbocycles. The number of Topliss-reactive ketones (excluding diaryl/α,β-unsaturated/α-hetero) is 1. The Bertz CT molecular complexity index is 912. The molecule has 1 aliphatic rings. The van der Waals surface area contributed by atoms with Crippen LogP contribution in [0.5, 0.6) is 5.75 Å². The molecule has 6 nitrogen and oxygen atoms in total. The summed E-state index contributed by atoms with van der Waals surface area (Å²) in [6, 6.07) is 12.8. The minimum Gasteiger partial charge on any atom is -0.484 e. The van der Waals surface area contributed by atoms with Crippen molar-refractivity contribution in [2.45, 2.75) is 13.0 Å². The van der Waals surface area contributed by atoms with E-state index in [-0.39, 0.29) is 37.0 Å². The van der Waals surface area contributed by atoms with Crippen molar-refractivity contribution in [3.8, 4) is 5.75 Å². The summed E-state index contributed by atoms with van der Waals surface area (Å²) in [6.45, 7) is 0.327. The highest BCUT2D eigenvalue weighted by molar-refractivity contribution is 5.93. The lowest BCUT2D eigenvalue weighted by Crippen LogP contribution is -2.26. The molecule has 6 heteroatoms. The van der Waals surface area contributed by atoms with E-state index >= 15 is 0 Å². The number of amides is 1. The predicted octanol–water partition coefficient (Wildman–Crippen LogP) is 2.26. The highest BCUT2D eigenvalue weighted by atomic mass is 16.5. The second kappa shape index (κ2) is 5.81. The van der Waals surface area contributed by atoms with Crippen LogP contribution in [0.1, 0.15) is 21.9 Å². The van der Waals surface area contributed by atoms with Crippen molar-refractivity contribution in [2.24, 2.45) is 0 Å². The van der Waals surface area contributed by atoms with Gasteiger partial charge in [-0.3, -0.25) is 9.59 Å². The number of nitrogens with zero attached hydrogens (tertiary/aromatic N) is 1. The van der Waals surface area contributed by atoms with Crippen LogP contribution < -0.4 is 10.1 Å². The van der Waals surface area contributed by atoms with Gasteiger partial charge in [0.15, 0.2) is 5.78 Å². The van der Waals surface area contributed by atoms with E-state index in [1.165, 1.54) is 0 Å². The Hall–Kier alpha value is -3.15. The van der Waals surface area contributed by atoms with Gasteiger partial charge in [-0.1, -0.05) is 18.2 Å². The van der Waals surface area contributed by atoms with Crippen molar-refractivity contribution >= 4 is 22.7 Å². The maximum absolute atomic E-state index is 12.3. The van der Waals surface area contributed by atoms with E-state index in [0.717, 1.165) is 11.0 Å². The zero-order valence-corrected chi connectivity index (χ0v) is 12.7. The van der Waals surface area contributed by atoms with Gasteiger partial charge in [-0.25, -0.2) is 4.98 Å². The van der Waals surface area contributed by atoms with Crippen molar-refractivity contribution in [1.82, 2.24) is 10.3 Å². The molecule has 0 atom stereocenters. The molecular weight excluding hydrogens is 308 g/mol. The molecule has 0 unspecified atom stereocenters. The number of hydrogen-bond acceptors (Lipinski definition) is 5. The average Bonchev–Trinajstić information content (AvgIpc) is 3.02. The molecule has 1 amide bonds. The van der Waals surface area contributed by atoms with Crippen molar-refractivity contribution in [3.05, 3.63) is 59.6 Å². The number of carbonyl (C=O) groups is 2. The number of furan rings is 1. The Balaban J connectivity index is 1.48. The first kappa shape index (κ1) is 14.4. The molecule has 0 radical (unpaired) electrons. The number of nitrogens with one attached hydrogen (secondary N) is 1. The molecule has 3 heterocycles. The van der Waals surface area contributed by atoms with Crippen molar-refractivity contribution < 1.29 is 18.7 Å². The zero-order chi connectivity index (χ0) is 16.5. The lowest BCUT2D eigenvalue weighted by molar-refractivity contribution is -0.121. The fourth-order valence-electron chi connectivity index (χ4n) is 2.65. The van der Waals surface area contributed by atoms with Crippen LogP contribution in [0.25, 0.3) is 11.0 Å². The minimum absolute atomic E-state index is 0.0465. The Labute approximate surface area is 137 Å². The molecule has 2 aromatic heterocycles. The summed E-state index contributed by atoms with van der Waals surface area (Å²) in [6.07, 6.45) is 0.194. The summed E-state index contributed by atoms with van der Waals surface area (Å²) in [7, 11) is 0. The maximum Gasteiger partial charge on any atom is 0.270 e. The molecule has 1 aliphatic heterocycles. The van der Waals surface area contributed by atoms with Gasteiger partial charge in [-0.05, 0) is 24.3 Å². The number of fused-ring (bicyclic) bond motifs is 2. The summed E-state index contributed by atoms with van der Waals surface area (Å²) in [5.74, 6) is 0.857. The first-order valence-corrected chi connectivity index (χ1v) is 7.59. The molecular formula is C18H14N2O4. The van der Waals surface area contributed by atoms with Crippen LogP contribution in [0.15, 0.2) is 46.9 Å². The van der Waals surface area contributed by atoms with Crippen LogP contribution in [-0.2, 0) is 17.8 Å². The first-order valence-electron chi connectivity index (χ1n) is 7.59. The van der Waals surface area contributed by atoms with Crippen LogP contribution in [0.3, 0.4) is 0 Å². The number of carbonyl (C=O) groups excluding carboxylic acids is 2. The van der Waals surface area contributed by atoms with Gasteiger partial charge in [-0.2, -0.15) is 0 Å². The molecule has 4 rings (SSSR count). The molecule has 120 valence electrons. The fourth-order valence-corrected chi connectivity index (χ4v) is 2.65. The third-order valence-electron chi connectivity index (χ3n) is 3.82. The number of ketones is 1. The summed E-state index contributed by atoms with van der Waals surface area (Å²) in [5.41, 5.74) is 1.54. The minimum atomic E-state index is -0.323. The van der Waals surface area contributed by atoms with Gasteiger partial charge in [0.05, 0.1) is 18.7 Å².